The molecule has 1 heterocycles. The van der Waals surface area contributed by atoms with Gasteiger partial charge in [-0.25, -0.2) is 9.18 Å². The van der Waals surface area contributed by atoms with Gasteiger partial charge in [0.25, 0.3) is 0 Å². The Balaban J connectivity index is 1.64. The van der Waals surface area contributed by atoms with Crippen molar-refractivity contribution in [2.24, 2.45) is 0 Å². The first-order chi connectivity index (χ1) is 13.1. The molecule has 1 N–H and O–H groups in total. The molecule has 3 amide bonds. The van der Waals surface area contributed by atoms with E-state index >= 15 is 0 Å². The van der Waals surface area contributed by atoms with Crippen LogP contribution in [0, 0.1) is 12.7 Å². The molecule has 0 aromatic heterocycles. The van der Waals surface area contributed by atoms with Gasteiger partial charge in [0.05, 0.1) is 5.56 Å². The van der Waals surface area contributed by atoms with Crippen molar-refractivity contribution in [2.75, 3.05) is 29.9 Å². The van der Waals surface area contributed by atoms with Crippen molar-refractivity contribution in [3.8, 4) is 0 Å². The lowest BCUT2D eigenvalue weighted by Gasteiger charge is -2.19. The zero-order valence-electron chi connectivity index (χ0n) is 14.9. The first kappa shape index (κ1) is 19.7. The van der Waals surface area contributed by atoms with Crippen LogP contribution in [0.5, 0.6) is 0 Å². The third-order valence-corrected chi connectivity index (χ3v) is 4.33. The molecule has 0 atom stereocenters. The molecule has 1 aliphatic rings. The van der Waals surface area contributed by atoms with E-state index in [1.165, 1.54) is 9.80 Å². The number of nitrogens with zero attached hydrogens (tertiary/aromatic N) is 2. The SMILES string of the molecule is Cc1ccc(N2CCN(CC(=O)Nc3ccc(F)c(C(F)(F)F)c3)C2=O)cc1. The molecule has 0 aliphatic carbocycles. The number of nitrogens with one attached hydrogen (secondary N) is 1. The minimum absolute atomic E-state index is 0.194. The number of carbonyl (C=O) groups is 2. The number of alkyl halides is 3. The van der Waals surface area contributed by atoms with Crippen molar-refractivity contribution in [3.63, 3.8) is 0 Å². The minimum atomic E-state index is -4.87. The van der Waals surface area contributed by atoms with E-state index in [-0.39, 0.29) is 18.3 Å². The Kier molecular flexibility index (Phi) is 5.26. The molecule has 148 valence electrons. The largest absolute Gasteiger partial charge is 0.419 e. The summed E-state index contributed by atoms with van der Waals surface area (Å²) in [5.74, 6) is -2.09. The van der Waals surface area contributed by atoms with Gasteiger partial charge in [-0.3, -0.25) is 9.69 Å². The Bertz CT molecular complexity index is 897. The van der Waals surface area contributed by atoms with Crippen LogP contribution in [0.3, 0.4) is 0 Å². The van der Waals surface area contributed by atoms with E-state index < -0.39 is 23.5 Å². The first-order valence-electron chi connectivity index (χ1n) is 8.45. The molecular weight excluding hydrogens is 378 g/mol. The number of hydrogen-bond donors (Lipinski definition) is 1. The molecule has 1 fully saturated rings. The van der Waals surface area contributed by atoms with Gasteiger partial charge in [0.2, 0.25) is 5.91 Å². The predicted molar refractivity (Wildman–Crippen MR) is 95.5 cm³/mol. The van der Waals surface area contributed by atoms with Crippen molar-refractivity contribution in [1.29, 1.82) is 0 Å². The molecule has 1 aliphatic heterocycles. The Morgan fingerprint density at radius 1 is 1.11 bits per heavy atom. The van der Waals surface area contributed by atoms with Crippen molar-refractivity contribution in [3.05, 3.63) is 59.4 Å². The summed E-state index contributed by atoms with van der Waals surface area (Å²) in [5, 5.41) is 2.27. The molecule has 5 nitrogen and oxygen atoms in total. The summed E-state index contributed by atoms with van der Waals surface area (Å²) in [6.45, 7) is 2.30. The summed E-state index contributed by atoms with van der Waals surface area (Å²) >= 11 is 0. The van der Waals surface area contributed by atoms with Crippen LogP contribution in [-0.4, -0.2) is 36.5 Å². The third-order valence-electron chi connectivity index (χ3n) is 4.33. The van der Waals surface area contributed by atoms with Crippen LogP contribution in [0.25, 0.3) is 0 Å². The van der Waals surface area contributed by atoms with Crippen LogP contribution < -0.4 is 10.2 Å². The summed E-state index contributed by atoms with van der Waals surface area (Å²) in [6, 6.07) is 9.16. The summed E-state index contributed by atoms with van der Waals surface area (Å²) in [6.07, 6.45) is -4.87. The number of hydrogen-bond acceptors (Lipinski definition) is 2. The predicted octanol–water partition coefficient (Wildman–Crippen LogP) is 4.03. The molecule has 0 unspecified atom stereocenters. The maximum Gasteiger partial charge on any atom is 0.419 e. The number of carbonyl (C=O) groups excluding carboxylic acids is 2. The molecule has 0 spiro atoms. The molecule has 0 bridgehead atoms. The first-order valence-corrected chi connectivity index (χ1v) is 8.45. The second kappa shape index (κ2) is 7.49. The summed E-state index contributed by atoms with van der Waals surface area (Å²) in [5.41, 5.74) is 0.0878. The minimum Gasteiger partial charge on any atom is -0.325 e. The Morgan fingerprint density at radius 2 is 1.79 bits per heavy atom. The lowest BCUT2D eigenvalue weighted by Crippen LogP contribution is -2.37. The molecule has 3 rings (SSSR count). The fourth-order valence-corrected chi connectivity index (χ4v) is 2.89. The van der Waals surface area contributed by atoms with Gasteiger partial charge in [0.1, 0.15) is 12.4 Å². The van der Waals surface area contributed by atoms with Crippen LogP contribution in [0.4, 0.5) is 33.7 Å². The average Bonchev–Trinajstić information content (AvgIpc) is 2.97. The summed E-state index contributed by atoms with van der Waals surface area (Å²) in [4.78, 5) is 27.4. The highest BCUT2D eigenvalue weighted by molar-refractivity contribution is 5.99. The van der Waals surface area contributed by atoms with Crippen molar-refractivity contribution in [2.45, 2.75) is 13.1 Å². The lowest BCUT2D eigenvalue weighted by molar-refractivity contribution is -0.140. The highest BCUT2D eigenvalue weighted by Gasteiger charge is 2.35. The van der Waals surface area contributed by atoms with E-state index in [0.717, 1.165) is 11.6 Å². The molecule has 0 radical (unpaired) electrons. The Morgan fingerprint density at radius 3 is 2.43 bits per heavy atom. The standard InChI is InChI=1S/C19H17F4N3O2/c1-12-2-5-14(6-3-12)26-9-8-25(18(26)28)11-17(27)24-13-4-7-16(20)15(10-13)19(21,22)23/h2-7,10H,8-9,11H2,1H3,(H,24,27). The third kappa shape index (κ3) is 4.24. The Hall–Kier alpha value is -3.10. The van der Waals surface area contributed by atoms with Gasteiger partial charge in [0.15, 0.2) is 0 Å². The number of urea groups is 1. The number of anilines is 2. The zero-order valence-corrected chi connectivity index (χ0v) is 14.9. The van der Waals surface area contributed by atoms with E-state index in [2.05, 4.69) is 5.32 Å². The van der Waals surface area contributed by atoms with Crippen LogP contribution in [0.1, 0.15) is 11.1 Å². The summed E-state index contributed by atoms with van der Waals surface area (Å²) < 4.78 is 51.6. The number of amides is 3. The average molecular weight is 395 g/mol. The topological polar surface area (TPSA) is 52.6 Å². The van der Waals surface area contributed by atoms with Gasteiger partial charge < -0.3 is 10.2 Å². The van der Waals surface area contributed by atoms with E-state index in [9.17, 15) is 27.2 Å². The molecule has 1 saturated heterocycles. The van der Waals surface area contributed by atoms with Gasteiger partial charge in [-0.2, -0.15) is 13.2 Å². The van der Waals surface area contributed by atoms with Gasteiger partial charge in [0, 0.05) is 24.5 Å². The highest BCUT2D eigenvalue weighted by Crippen LogP contribution is 2.33. The van der Waals surface area contributed by atoms with Crippen molar-refractivity contribution >= 4 is 23.3 Å². The fraction of sp³-hybridized carbons (Fsp3) is 0.263. The molecule has 28 heavy (non-hydrogen) atoms. The van der Waals surface area contributed by atoms with E-state index in [1.54, 1.807) is 12.1 Å². The zero-order chi connectivity index (χ0) is 20.5. The van der Waals surface area contributed by atoms with Crippen molar-refractivity contribution in [1.82, 2.24) is 4.90 Å². The monoisotopic (exact) mass is 395 g/mol. The van der Waals surface area contributed by atoms with Crippen LogP contribution >= 0.6 is 0 Å². The smallest absolute Gasteiger partial charge is 0.325 e. The normalized spacial score (nSPS) is 14.5. The maximum atomic E-state index is 13.3. The number of benzene rings is 2. The number of aryl methyl sites for hydroxylation is 1. The van der Waals surface area contributed by atoms with Crippen molar-refractivity contribution < 1.29 is 27.2 Å². The second-order valence-corrected chi connectivity index (χ2v) is 6.43. The molecule has 2 aromatic carbocycles. The molecule has 2 aromatic rings. The second-order valence-electron chi connectivity index (χ2n) is 6.43. The van der Waals surface area contributed by atoms with E-state index in [0.29, 0.717) is 30.9 Å². The summed E-state index contributed by atoms with van der Waals surface area (Å²) in [7, 11) is 0. The van der Waals surface area contributed by atoms with Gasteiger partial charge in [-0.15, -0.1) is 0 Å². The van der Waals surface area contributed by atoms with E-state index in [4.69, 9.17) is 0 Å². The quantitative estimate of drug-likeness (QED) is 0.795. The molecule has 0 saturated carbocycles. The van der Waals surface area contributed by atoms with Crippen LogP contribution in [-0.2, 0) is 11.0 Å². The van der Waals surface area contributed by atoms with Gasteiger partial charge in [-0.1, -0.05) is 17.7 Å². The molecule has 9 heteroatoms. The molecular formula is C19H17F4N3O2. The van der Waals surface area contributed by atoms with Gasteiger partial charge in [-0.05, 0) is 37.3 Å². The fourth-order valence-electron chi connectivity index (χ4n) is 2.89. The van der Waals surface area contributed by atoms with E-state index in [1.807, 2.05) is 19.1 Å². The Labute approximate surface area is 158 Å². The van der Waals surface area contributed by atoms with Crippen LogP contribution in [0.15, 0.2) is 42.5 Å². The van der Waals surface area contributed by atoms with Crippen LogP contribution in [0.2, 0.25) is 0 Å². The van der Waals surface area contributed by atoms with Gasteiger partial charge >= 0.3 is 12.2 Å². The maximum absolute atomic E-state index is 13.3. The highest BCUT2D eigenvalue weighted by atomic mass is 19.4. The lowest BCUT2D eigenvalue weighted by atomic mass is 10.2. The number of halogens is 4. The number of rotatable bonds is 4.